The smallest absolute Gasteiger partial charge is 0.376 e. The fourth-order valence-electron chi connectivity index (χ4n) is 2.26. The van der Waals surface area contributed by atoms with Gasteiger partial charge in [-0.15, -0.1) is 0 Å². The lowest BCUT2D eigenvalue weighted by Crippen LogP contribution is -2.18. The molecule has 0 spiro atoms. The van der Waals surface area contributed by atoms with Crippen molar-refractivity contribution < 1.29 is 26.4 Å². The molecule has 0 radical (unpaired) electrons. The van der Waals surface area contributed by atoms with Crippen LogP contribution < -0.4 is 10.2 Å². The van der Waals surface area contributed by atoms with Gasteiger partial charge >= 0.3 is 6.18 Å². The molecule has 2 rings (SSSR count). The number of sulfone groups is 1. The van der Waals surface area contributed by atoms with Crippen molar-refractivity contribution >= 4 is 27.1 Å². The average molecular weight is 386 g/mol. The third-order valence-electron chi connectivity index (χ3n) is 3.58. The number of nitrogens with zero attached hydrogens (tertiary/aromatic N) is 1. The lowest BCUT2D eigenvalue weighted by molar-refractivity contribution is -0.137. The highest BCUT2D eigenvalue weighted by Gasteiger charge is 2.31. The first kappa shape index (κ1) is 19.8. The molecule has 9 heteroatoms. The van der Waals surface area contributed by atoms with Crippen LogP contribution in [0.5, 0.6) is 0 Å². The minimum Gasteiger partial charge on any atom is -0.376 e. The Labute approximate surface area is 149 Å². The summed E-state index contributed by atoms with van der Waals surface area (Å²) >= 11 is 0. The molecule has 140 valence electrons. The number of amides is 1. The Morgan fingerprint density at radius 2 is 1.73 bits per heavy atom. The van der Waals surface area contributed by atoms with E-state index in [0.717, 1.165) is 18.4 Å². The van der Waals surface area contributed by atoms with Crippen molar-refractivity contribution in [2.45, 2.75) is 11.1 Å². The highest BCUT2D eigenvalue weighted by Crippen LogP contribution is 2.35. The molecular weight excluding hydrogens is 369 g/mol. The van der Waals surface area contributed by atoms with E-state index in [1.54, 1.807) is 19.0 Å². The second kappa shape index (κ2) is 6.99. The van der Waals surface area contributed by atoms with Crippen LogP contribution in [0.2, 0.25) is 0 Å². The van der Waals surface area contributed by atoms with Crippen LogP contribution in [0.25, 0.3) is 0 Å². The van der Waals surface area contributed by atoms with Crippen LogP contribution in [-0.4, -0.2) is 34.7 Å². The maximum atomic E-state index is 13.0. The van der Waals surface area contributed by atoms with Crippen molar-refractivity contribution in [2.24, 2.45) is 0 Å². The molecule has 2 aromatic rings. The van der Waals surface area contributed by atoms with Crippen molar-refractivity contribution in [1.82, 2.24) is 0 Å². The monoisotopic (exact) mass is 386 g/mol. The lowest BCUT2D eigenvalue weighted by Gasteiger charge is -2.20. The SMILES string of the molecule is CN(C)c1ccc(C(F)(F)F)cc1NC(=O)c1cccc(S(C)(=O)=O)c1. The molecule has 0 aliphatic rings. The zero-order valence-corrected chi connectivity index (χ0v) is 15.1. The van der Waals surface area contributed by atoms with Gasteiger partial charge in [-0.2, -0.15) is 13.2 Å². The Kier molecular flexibility index (Phi) is 5.31. The molecule has 0 aromatic heterocycles. The van der Waals surface area contributed by atoms with Crippen LogP contribution in [0.15, 0.2) is 47.4 Å². The number of carbonyl (C=O) groups is 1. The largest absolute Gasteiger partial charge is 0.416 e. The van der Waals surface area contributed by atoms with Crippen LogP contribution in [0, 0.1) is 0 Å². The van der Waals surface area contributed by atoms with Crippen LogP contribution in [0.1, 0.15) is 15.9 Å². The molecule has 5 nitrogen and oxygen atoms in total. The van der Waals surface area contributed by atoms with Gasteiger partial charge in [0.15, 0.2) is 9.84 Å². The topological polar surface area (TPSA) is 66.5 Å². The number of benzene rings is 2. The number of halogens is 3. The normalized spacial score (nSPS) is 11.9. The van der Waals surface area contributed by atoms with Gasteiger partial charge < -0.3 is 10.2 Å². The van der Waals surface area contributed by atoms with Crippen molar-refractivity contribution in [3.05, 3.63) is 53.6 Å². The van der Waals surface area contributed by atoms with E-state index >= 15 is 0 Å². The first-order valence-corrected chi connectivity index (χ1v) is 9.29. The lowest BCUT2D eigenvalue weighted by atomic mass is 10.1. The number of hydrogen-bond donors (Lipinski definition) is 1. The summed E-state index contributed by atoms with van der Waals surface area (Å²) < 4.78 is 62.1. The summed E-state index contributed by atoms with van der Waals surface area (Å²) in [5.41, 5.74) is -0.525. The maximum Gasteiger partial charge on any atom is 0.416 e. The van der Waals surface area contributed by atoms with E-state index in [1.807, 2.05) is 0 Å². The van der Waals surface area contributed by atoms with Crippen LogP contribution in [0.3, 0.4) is 0 Å². The number of alkyl halides is 3. The van der Waals surface area contributed by atoms with Gasteiger partial charge in [0.25, 0.3) is 5.91 Å². The summed E-state index contributed by atoms with van der Waals surface area (Å²) in [6.45, 7) is 0. The molecule has 0 unspecified atom stereocenters. The molecule has 26 heavy (non-hydrogen) atoms. The third-order valence-corrected chi connectivity index (χ3v) is 4.69. The molecule has 1 N–H and O–H groups in total. The number of nitrogens with one attached hydrogen (secondary N) is 1. The Bertz CT molecular complexity index is 939. The number of carbonyl (C=O) groups excluding carboxylic acids is 1. The highest BCUT2D eigenvalue weighted by molar-refractivity contribution is 7.90. The fraction of sp³-hybridized carbons (Fsp3) is 0.235. The Balaban J connectivity index is 2.42. The Morgan fingerprint density at radius 3 is 2.27 bits per heavy atom. The van der Waals surface area contributed by atoms with E-state index in [9.17, 15) is 26.4 Å². The van der Waals surface area contributed by atoms with Crippen molar-refractivity contribution in [3.8, 4) is 0 Å². The Morgan fingerprint density at radius 1 is 1.08 bits per heavy atom. The minimum atomic E-state index is -4.56. The number of anilines is 2. The van der Waals surface area contributed by atoms with Gasteiger partial charge in [-0.05, 0) is 36.4 Å². The van der Waals surface area contributed by atoms with E-state index in [-0.39, 0.29) is 16.1 Å². The van der Waals surface area contributed by atoms with Crippen LogP contribution >= 0.6 is 0 Å². The molecule has 0 aliphatic carbocycles. The molecule has 0 atom stereocenters. The van der Waals surface area contributed by atoms with E-state index < -0.39 is 27.5 Å². The second-order valence-corrected chi connectivity index (χ2v) is 7.89. The van der Waals surface area contributed by atoms with Gasteiger partial charge in [0, 0.05) is 25.9 Å². The molecule has 0 bridgehead atoms. The zero-order valence-electron chi connectivity index (χ0n) is 14.3. The van der Waals surface area contributed by atoms with E-state index in [4.69, 9.17) is 0 Å². The summed E-state index contributed by atoms with van der Waals surface area (Å²) in [6, 6.07) is 8.31. The molecule has 0 aliphatic heterocycles. The van der Waals surface area contributed by atoms with Gasteiger partial charge in [0.1, 0.15) is 0 Å². The minimum absolute atomic E-state index is 0.0232. The summed E-state index contributed by atoms with van der Waals surface area (Å²) in [4.78, 5) is 13.9. The Hall–Kier alpha value is -2.55. The van der Waals surface area contributed by atoms with Gasteiger partial charge in [0.05, 0.1) is 21.8 Å². The van der Waals surface area contributed by atoms with E-state index in [0.29, 0.717) is 5.69 Å². The van der Waals surface area contributed by atoms with Gasteiger partial charge in [-0.1, -0.05) is 6.07 Å². The number of rotatable bonds is 4. The van der Waals surface area contributed by atoms with E-state index in [2.05, 4.69) is 5.32 Å². The molecule has 1 amide bonds. The summed E-state index contributed by atoms with van der Waals surface area (Å²) in [5.74, 6) is -0.710. The fourth-order valence-corrected chi connectivity index (χ4v) is 2.93. The van der Waals surface area contributed by atoms with Crippen molar-refractivity contribution in [3.63, 3.8) is 0 Å². The highest BCUT2D eigenvalue weighted by atomic mass is 32.2. The van der Waals surface area contributed by atoms with Gasteiger partial charge in [-0.3, -0.25) is 4.79 Å². The molecule has 0 fully saturated rings. The molecule has 0 heterocycles. The second-order valence-electron chi connectivity index (χ2n) is 5.88. The predicted molar refractivity (Wildman–Crippen MR) is 93.3 cm³/mol. The predicted octanol–water partition coefficient (Wildman–Crippen LogP) is 3.43. The third kappa shape index (κ3) is 4.54. The molecule has 2 aromatic carbocycles. The first-order valence-electron chi connectivity index (χ1n) is 7.39. The molecular formula is C17H17F3N2O3S. The van der Waals surface area contributed by atoms with Gasteiger partial charge in [0.2, 0.25) is 0 Å². The summed E-state index contributed by atoms with van der Waals surface area (Å²) in [6.07, 6.45) is -3.55. The van der Waals surface area contributed by atoms with Crippen LogP contribution in [-0.2, 0) is 16.0 Å². The average Bonchev–Trinajstić information content (AvgIpc) is 2.53. The molecule has 0 saturated carbocycles. The van der Waals surface area contributed by atoms with Crippen LogP contribution in [0.4, 0.5) is 24.5 Å². The summed E-state index contributed by atoms with van der Waals surface area (Å²) in [5, 5.41) is 2.42. The quantitative estimate of drug-likeness (QED) is 0.874. The zero-order chi connectivity index (χ0) is 19.7. The molecule has 0 saturated heterocycles. The standard InChI is InChI=1S/C17H17F3N2O3S/c1-22(2)15-8-7-12(17(18,19)20)10-14(15)21-16(23)11-5-4-6-13(9-11)26(3,24)25/h4-10H,1-3H3,(H,21,23). The van der Waals surface area contributed by atoms with Crippen molar-refractivity contribution in [1.29, 1.82) is 0 Å². The first-order chi connectivity index (χ1) is 11.9. The van der Waals surface area contributed by atoms with E-state index in [1.165, 1.54) is 30.3 Å². The number of hydrogen-bond acceptors (Lipinski definition) is 4. The maximum absolute atomic E-state index is 13.0. The summed E-state index contributed by atoms with van der Waals surface area (Å²) in [7, 11) is -0.261. The van der Waals surface area contributed by atoms with Crippen molar-refractivity contribution in [2.75, 3.05) is 30.6 Å². The van der Waals surface area contributed by atoms with Gasteiger partial charge in [-0.25, -0.2) is 8.42 Å².